The van der Waals surface area contributed by atoms with Gasteiger partial charge in [0.15, 0.2) is 0 Å². The fraction of sp³-hybridized carbons (Fsp3) is 0.231. The first kappa shape index (κ1) is 13.0. The van der Waals surface area contributed by atoms with Crippen LogP contribution in [0.25, 0.3) is 6.08 Å². The predicted octanol–water partition coefficient (Wildman–Crippen LogP) is 1.46. The molecule has 2 N–H and O–H groups in total. The molecule has 0 saturated carbocycles. The van der Waals surface area contributed by atoms with Crippen LogP contribution in [0, 0.1) is 0 Å². The van der Waals surface area contributed by atoms with Crippen molar-refractivity contribution in [2.75, 3.05) is 6.54 Å². The molecule has 90 valence electrons. The first-order chi connectivity index (χ1) is 8.11. The van der Waals surface area contributed by atoms with Gasteiger partial charge >= 0.3 is 5.97 Å². The van der Waals surface area contributed by atoms with E-state index in [1.54, 1.807) is 6.08 Å². The van der Waals surface area contributed by atoms with Crippen LogP contribution >= 0.6 is 0 Å². The SMILES string of the molecule is CCc1ccc(C=CC(=O)NCC(=O)O)cc1. The summed E-state index contributed by atoms with van der Waals surface area (Å²) in [7, 11) is 0. The predicted molar refractivity (Wildman–Crippen MR) is 65.5 cm³/mol. The molecular formula is C13H15NO3. The van der Waals surface area contributed by atoms with E-state index in [-0.39, 0.29) is 6.54 Å². The Hall–Kier alpha value is -2.10. The lowest BCUT2D eigenvalue weighted by atomic mass is 10.1. The third-order valence-electron chi connectivity index (χ3n) is 2.23. The third-order valence-corrected chi connectivity index (χ3v) is 2.23. The van der Waals surface area contributed by atoms with E-state index in [1.807, 2.05) is 24.3 Å². The normalized spacial score (nSPS) is 10.4. The summed E-state index contributed by atoms with van der Waals surface area (Å²) in [4.78, 5) is 21.4. The summed E-state index contributed by atoms with van der Waals surface area (Å²) in [5, 5.41) is 10.6. The highest BCUT2D eigenvalue weighted by molar-refractivity contribution is 5.93. The van der Waals surface area contributed by atoms with Gasteiger partial charge in [0.2, 0.25) is 5.91 Å². The average Bonchev–Trinajstić information content (AvgIpc) is 2.34. The van der Waals surface area contributed by atoms with Gasteiger partial charge in [0.1, 0.15) is 6.54 Å². The Balaban J connectivity index is 2.51. The van der Waals surface area contributed by atoms with E-state index in [1.165, 1.54) is 11.6 Å². The molecule has 4 heteroatoms. The van der Waals surface area contributed by atoms with Crippen LogP contribution in [0.15, 0.2) is 30.3 Å². The van der Waals surface area contributed by atoms with Crippen molar-refractivity contribution >= 4 is 18.0 Å². The molecule has 1 aromatic rings. The smallest absolute Gasteiger partial charge is 0.322 e. The average molecular weight is 233 g/mol. The summed E-state index contributed by atoms with van der Waals surface area (Å²) in [5.41, 5.74) is 2.14. The van der Waals surface area contributed by atoms with Crippen LogP contribution in [0.4, 0.5) is 0 Å². The third kappa shape index (κ3) is 4.97. The van der Waals surface area contributed by atoms with Gasteiger partial charge in [-0.05, 0) is 23.6 Å². The second kappa shape index (κ2) is 6.48. The van der Waals surface area contributed by atoms with Crippen LogP contribution in [0.2, 0.25) is 0 Å². The Kier molecular flexibility index (Phi) is 4.94. The first-order valence-corrected chi connectivity index (χ1v) is 5.38. The number of benzene rings is 1. The zero-order chi connectivity index (χ0) is 12.7. The number of rotatable bonds is 5. The van der Waals surface area contributed by atoms with Crippen molar-refractivity contribution in [1.29, 1.82) is 0 Å². The van der Waals surface area contributed by atoms with Crippen LogP contribution in [0.1, 0.15) is 18.1 Å². The van der Waals surface area contributed by atoms with E-state index in [0.717, 1.165) is 12.0 Å². The molecule has 1 aromatic carbocycles. The van der Waals surface area contributed by atoms with E-state index in [2.05, 4.69) is 12.2 Å². The molecule has 17 heavy (non-hydrogen) atoms. The lowest BCUT2D eigenvalue weighted by Crippen LogP contribution is -2.27. The molecule has 0 aliphatic heterocycles. The minimum absolute atomic E-state index is 0.363. The number of carboxylic acids is 1. The standard InChI is InChI=1S/C13H15NO3/c1-2-10-3-5-11(6-4-10)7-8-12(15)14-9-13(16)17/h3-8H,2,9H2,1H3,(H,14,15)(H,16,17). The number of carbonyl (C=O) groups excluding carboxylic acids is 1. The van der Waals surface area contributed by atoms with Crippen molar-refractivity contribution in [3.05, 3.63) is 41.5 Å². The number of carboxylic acid groups (broad SMARTS) is 1. The quantitative estimate of drug-likeness (QED) is 0.757. The van der Waals surface area contributed by atoms with Crippen molar-refractivity contribution in [3.8, 4) is 0 Å². The Morgan fingerprint density at radius 3 is 2.47 bits per heavy atom. The summed E-state index contributed by atoms with van der Waals surface area (Å²) in [6, 6.07) is 7.82. The molecule has 0 heterocycles. The number of hydrogen-bond donors (Lipinski definition) is 2. The highest BCUT2D eigenvalue weighted by atomic mass is 16.4. The topological polar surface area (TPSA) is 66.4 Å². The zero-order valence-electron chi connectivity index (χ0n) is 9.64. The number of amides is 1. The molecule has 0 saturated heterocycles. The van der Waals surface area contributed by atoms with Gasteiger partial charge in [-0.2, -0.15) is 0 Å². The Morgan fingerprint density at radius 1 is 1.29 bits per heavy atom. The van der Waals surface area contributed by atoms with Crippen molar-refractivity contribution in [1.82, 2.24) is 5.32 Å². The van der Waals surface area contributed by atoms with E-state index in [0.29, 0.717) is 0 Å². The lowest BCUT2D eigenvalue weighted by molar-refractivity contribution is -0.137. The van der Waals surface area contributed by atoms with Gasteiger partial charge in [-0.1, -0.05) is 31.2 Å². The summed E-state index contributed by atoms with van der Waals surface area (Å²) < 4.78 is 0. The molecule has 1 amide bonds. The zero-order valence-corrected chi connectivity index (χ0v) is 9.64. The maximum Gasteiger partial charge on any atom is 0.322 e. The van der Waals surface area contributed by atoms with Gasteiger partial charge in [-0.25, -0.2) is 0 Å². The molecule has 0 radical (unpaired) electrons. The highest BCUT2D eigenvalue weighted by Crippen LogP contribution is 2.06. The fourth-order valence-electron chi connectivity index (χ4n) is 1.26. The summed E-state index contributed by atoms with van der Waals surface area (Å²) in [6.07, 6.45) is 3.95. The molecule has 0 aliphatic rings. The molecule has 0 bridgehead atoms. The molecule has 0 unspecified atom stereocenters. The van der Waals surface area contributed by atoms with Crippen molar-refractivity contribution in [2.24, 2.45) is 0 Å². The van der Waals surface area contributed by atoms with Crippen molar-refractivity contribution < 1.29 is 14.7 Å². The minimum Gasteiger partial charge on any atom is -0.480 e. The lowest BCUT2D eigenvalue weighted by Gasteiger charge is -1.98. The molecular weight excluding hydrogens is 218 g/mol. The van der Waals surface area contributed by atoms with Gasteiger partial charge in [-0.15, -0.1) is 0 Å². The number of aryl methyl sites for hydroxylation is 1. The minimum atomic E-state index is -1.06. The molecule has 0 spiro atoms. The van der Waals surface area contributed by atoms with Crippen molar-refractivity contribution in [2.45, 2.75) is 13.3 Å². The van der Waals surface area contributed by atoms with E-state index in [9.17, 15) is 9.59 Å². The molecule has 0 aliphatic carbocycles. The molecule has 0 aromatic heterocycles. The maximum atomic E-state index is 11.2. The van der Waals surface area contributed by atoms with Crippen molar-refractivity contribution in [3.63, 3.8) is 0 Å². The second-order valence-electron chi connectivity index (χ2n) is 3.54. The van der Waals surface area contributed by atoms with Crippen LogP contribution in [0.5, 0.6) is 0 Å². The monoisotopic (exact) mass is 233 g/mol. The van der Waals surface area contributed by atoms with E-state index in [4.69, 9.17) is 5.11 Å². The number of hydrogen-bond acceptors (Lipinski definition) is 2. The Labute approximate surface area is 100.0 Å². The van der Waals surface area contributed by atoms with Crippen LogP contribution in [0.3, 0.4) is 0 Å². The fourth-order valence-corrected chi connectivity index (χ4v) is 1.26. The van der Waals surface area contributed by atoms with Gasteiger partial charge in [0, 0.05) is 6.08 Å². The molecule has 1 rings (SSSR count). The van der Waals surface area contributed by atoms with E-state index < -0.39 is 11.9 Å². The highest BCUT2D eigenvalue weighted by Gasteiger charge is 1.98. The van der Waals surface area contributed by atoms with Gasteiger partial charge < -0.3 is 10.4 Å². The van der Waals surface area contributed by atoms with Crippen LogP contribution < -0.4 is 5.32 Å². The largest absolute Gasteiger partial charge is 0.480 e. The Morgan fingerprint density at radius 2 is 1.94 bits per heavy atom. The van der Waals surface area contributed by atoms with Crippen LogP contribution in [-0.4, -0.2) is 23.5 Å². The van der Waals surface area contributed by atoms with Crippen LogP contribution in [-0.2, 0) is 16.0 Å². The number of carbonyl (C=O) groups is 2. The summed E-state index contributed by atoms with van der Waals surface area (Å²) >= 11 is 0. The molecule has 0 fully saturated rings. The molecule has 0 atom stereocenters. The van der Waals surface area contributed by atoms with Gasteiger partial charge in [0.05, 0.1) is 0 Å². The Bertz CT molecular complexity index is 421. The van der Waals surface area contributed by atoms with E-state index >= 15 is 0 Å². The first-order valence-electron chi connectivity index (χ1n) is 5.38. The second-order valence-corrected chi connectivity index (χ2v) is 3.54. The maximum absolute atomic E-state index is 11.2. The summed E-state index contributed by atoms with van der Waals surface area (Å²) in [5.74, 6) is -1.47. The summed E-state index contributed by atoms with van der Waals surface area (Å²) in [6.45, 7) is 1.71. The number of nitrogens with one attached hydrogen (secondary N) is 1. The number of aliphatic carboxylic acids is 1. The van der Waals surface area contributed by atoms with Gasteiger partial charge in [-0.3, -0.25) is 9.59 Å². The molecule has 4 nitrogen and oxygen atoms in total. The van der Waals surface area contributed by atoms with Gasteiger partial charge in [0.25, 0.3) is 0 Å².